The van der Waals surface area contributed by atoms with Crippen LogP contribution in [-0.4, -0.2) is 39.6 Å². The lowest BCUT2D eigenvalue weighted by atomic mass is 9.85. The van der Waals surface area contributed by atoms with Gasteiger partial charge in [-0.05, 0) is 44.9 Å². The number of phenolic OH excluding ortho intramolecular Hbond substituents is 2. The Labute approximate surface area is 161 Å². The number of fused-ring (bicyclic) bond motifs is 1. The molecule has 3 rings (SSSR count). The van der Waals surface area contributed by atoms with E-state index in [0.29, 0.717) is 12.8 Å². The fraction of sp³-hybridized carbons (Fsp3) is 0.333. The third kappa shape index (κ3) is 3.74. The zero-order valence-electron chi connectivity index (χ0n) is 15.5. The number of rotatable bonds is 6. The maximum Gasteiger partial charge on any atom is 0.375 e. The molecule has 1 saturated carbocycles. The van der Waals surface area contributed by atoms with Crippen LogP contribution in [0.2, 0.25) is 0 Å². The van der Waals surface area contributed by atoms with Crippen molar-refractivity contribution in [2.24, 2.45) is 5.92 Å². The van der Waals surface area contributed by atoms with Gasteiger partial charge < -0.3 is 14.9 Å². The highest BCUT2D eigenvalue weighted by atomic mass is 16.5. The number of hydrogen-bond donors (Lipinski definition) is 2. The molecule has 28 heavy (non-hydrogen) atoms. The van der Waals surface area contributed by atoms with Crippen molar-refractivity contribution in [2.75, 3.05) is 0 Å². The minimum atomic E-state index is -1.16. The fourth-order valence-corrected chi connectivity index (χ4v) is 3.00. The molecule has 0 heterocycles. The second kappa shape index (κ2) is 7.42. The third-order valence-electron chi connectivity index (χ3n) is 4.67. The molecule has 0 amide bonds. The van der Waals surface area contributed by atoms with Crippen molar-refractivity contribution >= 4 is 23.3 Å². The van der Waals surface area contributed by atoms with Crippen LogP contribution in [0.5, 0.6) is 11.5 Å². The van der Waals surface area contributed by atoms with Gasteiger partial charge in [-0.3, -0.25) is 14.4 Å². The van der Waals surface area contributed by atoms with E-state index in [1.807, 2.05) is 13.8 Å². The summed E-state index contributed by atoms with van der Waals surface area (Å²) in [6, 6.07) is 2.23. The molecule has 0 unspecified atom stereocenters. The second-order valence-corrected chi connectivity index (χ2v) is 7.20. The quantitative estimate of drug-likeness (QED) is 0.335. The second-order valence-electron chi connectivity index (χ2n) is 7.20. The van der Waals surface area contributed by atoms with Gasteiger partial charge in [-0.1, -0.05) is 11.6 Å². The lowest BCUT2D eigenvalue weighted by molar-refractivity contribution is -0.157. The van der Waals surface area contributed by atoms with Gasteiger partial charge in [0.05, 0.1) is 11.1 Å². The lowest BCUT2D eigenvalue weighted by Crippen LogP contribution is -2.32. The van der Waals surface area contributed by atoms with Gasteiger partial charge in [-0.25, -0.2) is 4.79 Å². The topological polar surface area (TPSA) is 118 Å². The minimum absolute atomic E-state index is 0.0891. The van der Waals surface area contributed by atoms with E-state index >= 15 is 0 Å². The van der Waals surface area contributed by atoms with Crippen molar-refractivity contribution in [1.82, 2.24) is 0 Å². The van der Waals surface area contributed by atoms with E-state index in [2.05, 4.69) is 0 Å². The molecule has 7 heteroatoms. The van der Waals surface area contributed by atoms with Crippen LogP contribution in [-0.2, 0) is 14.3 Å². The molecule has 146 valence electrons. The number of hydrogen-bond acceptors (Lipinski definition) is 7. The fourth-order valence-electron chi connectivity index (χ4n) is 3.00. The van der Waals surface area contributed by atoms with Gasteiger partial charge in [-0.2, -0.15) is 0 Å². The first kappa shape index (κ1) is 19.5. The minimum Gasteiger partial charge on any atom is -0.507 e. The van der Waals surface area contributed by atoms with Crippen LogP contribution in [0.15, 0.2) is 35.4 Å². The van der Waals surface area contributed by atoms with Crippen LogP contribution < -0.4 is 0 Å². The molecular formula is C21H20O7. The molecule has 1 aromatic rings. The summed E-state index contributed by atoms with van der Waals surface area (Å²) in [4.78, 5) is 49.5. The Bertz CT molecular complexity index is 944. The molecule has 0 aliphatic heterocycles. The number of esters is 1. The molecule has 1 atom stereocenters. The number of carbonyl (C=O) groups excluding carboxylic acids is 4. The standard InChI is InChI=1S/C21H20O7/c1-10(2)3-8-16(28-21(27)19(25)11-4-5-11)12-9-15(24)17-13(22)6-7-14(23)18(17)20(12)26/h3,6-7,9,11,16,22-23H,4-5,8H2,1-2H3/t16-/m1/s1. The number of phenols is 2. The number of aromatic hydroxyl groups is 2. The van der Waals surface area contributed by atoms with E-state index in [1.54, 1.807) is 6.08 Å². The van der Waals surface area contributed by atoms with Crippen molar-refractivity contribution in [3.63, 3.8) is 0 Å². The molecule has 0 saturated heterocycles. The van der Waals surface area contributed by atoms with Crippen LogP contribution >= 0.6 is 0 Å². The van der Waals surface area contributed by atoms with Gasteiger partial charge in [0.1, 0.15) is 17.6 Å². The highest BCUT2D eigenvalue weighted by molar-refractivity contribution is 6.35. The summed E-state index contributed by atoms with van der Waals surface area (Å²) < 4.78 is 5.29. The Morgan fingerprint density at radius 2 is 1.75 bits per heavy atom. The highest BCUT2D eigenvalue weighted by Crippen LogP contribution is 2.37. The molecule has 2 N–H and O–H groups in total. The largest absolute Gasteiger partial charge is 0.507 e. The number of benzene rings is 1. The average molecular weight is 384 g/mol. The summed E-state index contributed by atoms with van der Waals surface area (Å²) in [6.45, 7) is 3.63. The lowest BCUT2D eigenvalue weighted by Gasteiger charge is -2.23. The summed E-state index contributed by atoms with van der Waals surface area (Å²) in [5, 5.41) is 20.0. The number of ketones is 3. The van der Waals surface area contributed by atoms with Crippen LogP contribution in [0.1, 0.15) is 53.8 Å². The number of Topliss-reactive ketones (excluding diaryl/α,β-unsaturated/α-hetero) is 2. The monoisotopic (exact) mass is 384 g/mol. The number of ether oxygens (including phenoxy) is 1. The van der Waals surface area contributed by atoms with Gasteiger partial charge in [0.15, 0.2) is 11.6 Å². The first-order valence-corrected chi connectivity index (χ1v) is 8.94. The van der Waals surface area contributed by atoms with Gasteiger partial charge in [0.25, 0.3) is 0 Å². The molecule has 1 fully saturated rings. The van der Waals surface area contributed by atoms with E-state index < -0.39 is 40.9 Å². The predicted molar refractivity (Wildman–Crippen MR) is 98.2 cm³/mol. The van der Waals surface area contributed by atoms with Crippen LogP contribution in [0.25, 0.3) is 0 Å². The Hall–Kier alpha value is -3.22. The van der Waals surface area contributed by atoms with Crippen LogP contribution in [0, 0.1) is 5.92 Å². The molecule has 0 radical (unpaired) electrons. The third-order valence-corrected chi connectivity index (χ3v) is 4.67. The zero-order valence-corrected chi connectivity index (χ0v) is 15.5. The molecule has 7 nitrogen and oxygen atoms in total. The molecule has 0 bridgehead atoms. The van der Waals surface area contributed by atoms with Crippen molar-refractivity contribution in [3.8, 4) is 11.5 Å². The summed E-state index contributed by atoms with van der Waals surface area (Å²) in [5.41, 5.74) is 0.114. The SMILES string of the molecule is CC(C)=CC[C@@H](OC(=O)C(=O)C1CC1)C1=CC(=O)c2c(O)ccc(O)c2C1=O. The summed E-state index contributed by atoms with van der Waals surface area (Å²) >= 11 is 0. The normalized spacial score (nSPS) is 16.7. The van der Waals surface area contributed by atoms with Crippen LogP contribution in [0.3, 0.4) is 0 Å². The van der Waals surface area contributed by atoms with Gasteiger partial charge >= 0.3 is 5.97 Å². The predicted octanol–water partition coefficient (Wildman–Crippen LogP) is 2.65. The van der Waals surface area contributed by atoms with Gasteiger partial charge in [0.2, 0.25) is 5.78 Å². The Morgan fingerprint density at radius 1 is 1.14 bits per heavy atom. The molecular weight excluding hydrogens is 364 g/mol. The van der Waals surface area contributed by atoms with Crippen molar-refractivity contribution in [2.45, 2.75) is 39.2 Å². The maximum absolute atomic E-state index is 12.9. The summed E-state index contributed by atoms with van der Waals surface area (Å²) in [5.74, 6) is -4.33. The number of allylic oxidation sites excluding steroid dienone is 2. The van der Waals surface area contributed by atoms with E-state index in [-0.39, 0.29) is 29.0 Å². The van der Waals surface area contributed by atoms with Gasteiger partial charge in [0, 0.05) is 17.9 Å². The molecule has 0 spiro atoms. The number of carbonyl (C=O) groups is 4. The van der Waals surface area contributed by atoms with E-state index in [4.69, 9.17) is 4.74 Å². The van der Waals surface area contributed by atoms with Crippen LogP contribution in [0.4, 0.5) is 0 Å². The highest BCUT2D eigenvalue weighted by Gasteiger charge is 2.39. The van der Waals surface area contributed by atoms with E-state index in [9.17, 15) is 29.4 Å². The maximum atomic E-state index is 12.9. The average Bonchev–Trinajstić information content (AvgIpc) is 3.47. The Morgan fingerprint density at radius 3 is 2.32 bits per heavy atom. The zero-order chi connectivity index (χ0) is 20.6. The van der Waals surface area contributed by atoms with Gasteiger partial charge in [-0.15, -0.1) is 0 Å². The Balaban J connectivity index is 1.97. The van der Waals surface area contributed by atoms with E-state index in [0.717, 1.165) is 23.8 Å². The first-order valence-electron chi connectivity index (χ1n) is 8.94. The van der Waals surface area contributed by atoms with Crippen molar-refractivity contribution in [3.05, 3.63) is 46.6 Å². The van der Waals surface area contributed by atoms with Crippen molar-refractivity contribution < 1.29 is 34.1 Å². The smallest absolute Gasteiger partial charge is 0.375 e. The summed E-state index contributed by atoms with van der Waals surface area (Å²) in [6.07, 6.45) is 2.90. The molecule has 1 aromatic carbocycles. The molecule has 2 aliphatic carbocycles. The van der Waals surface area contributed by atoms with Crippen molar-refractivity contribution in [1.29, 1.82) is 0 Å². The molecule has 2 aliphatic rings. The summed E-state index contributed by atoms with van der Waals surface area (Å²) in [7, 11) is 0. The first-order chi connectivity index (χ1) is 13.2. The van der Waals surface area contributed by atoms with E-state index in [1.165, 1.54) is 0 Å². The molecule has 0 aromatic heterocycles. The Kier molecular flexibility index (Phi) is 5.18.